The maximum absolute atomic E-state index is 11.4. The number of anilines is 1. The zero-order valence-electron chi connectivity index (χ0n) is 7.99. The van der Waals surface area contributed by atoms with Crippen molar-refractivity contribution in [3.8, 4) is 0 Å². The van der Waals surface area contributed by atoms with Crippen LogP contribution in [0.25, 0.3) is 0 Å². The Hall–Kier alpha value is -1.77. The van der Waals surface area contributed by atoms with Gasteiger partial charge in [0.25, 0.3) is 0 Å². The molecule has 1 aliphatic heterocycles. The largest absolute Gasteiger partial charge is 0.406 e. The molecule has 1 aromatic carbocycles. The lowest BCUT2D eigenvalue weighted by Gasteiger charge is -2.30. The monoisotopic (exact) mass is 189 g/mol. The molecule has 0 fully saturated rings. The summed E-state index contributed by atoms with van der Waals surface area (Å²) in [5.74, 6) is 0.0755. The fraction of sp³-hybridized carbons (Fsp3) is 0.182. The van der Waals surface area contributed by atoms with Gasteiger partial charge in [-0.25, -0.2) is 4.79 Å². The SMILES string of the molecule is C=C1OC(=O)c2ccccc2N1CC. The molecule has 0 aromatic heterocycles. The van der Waals surface area contributed by atoms with Gasteiger partial charge in [-0.1, -0.05) is 12.1 Å². The van der Waals surface area contributed by atoms with Crippen LogP contribution < -0.4 is 4.90 Å². The molecule has 0 amide bonds. The molecule has 0 spiro atoms. The molecule has 0 N–H and O–H groups in total. The summed E-state index contributed by atoms with van der Waals surface area (Å²) in [5, 5.41) is 0. The third kappa shape index (κ3) is 1.18. The van der Waals surface area contributed by atoms with Crippen molar-refractivity contribution in [3.05, 3.63) is 42.3 Å². The van der Waals surface area contributed by atoms with E-state index in [9.17, 15) is 4.79 Å². The van der Waals surface area contributed by atoms with Gasteiger partial charge >= 0.3 is 5.97 Å². The summed E-state index contributed by atoms with van der Waals surface area (Å²) in [6.07, 6.45) is 0. The zero-order valence-corrected chi connectivity index (χ0v) is 7.99. The highest BCUT2D eigenvalue weighted by Gasteiger charge is 2.25. The molecule has 1 aliphatic rings. The number of esters is 1. The van der Waals surface area contributed by atoms with Crippen LogP contribution in [0, 0.1) is 0 Å². The van der Waals surface area contributed by atoms with E-state index in [0.29, 0.717) is 11.4 Å². The normalized spacial score (nSPS) is 15.1. The maximum atomic E-state index is 11.4. The van der Waals surface area contributed by atoms with E-state index in [-0.39, 0.29) is 5.97 Å². The second-order valence-electron chi connectivity index (χ2n) is 3.04. The number of hydrogen-bond acceptors (Lipinski definition) is 3. The predicted molar refractivity (Wildman–Crippen MR) is 54.0 cm³/mol. The Kier molecular flexibility index (Phi) is 2.00. The van der Waals surface area contributed by atoms with Crippen molar-refractivity contribution in [1.82, 2.24) is 0 Å². The maximum Gasteiger partial charge on any atom is 0.346 e. The lowest BCUT2D eigenvalue weighted by Crippen LogP contribution is -2.31. The van der Waals surface area contributed by atoms with Crippen LogP contribution in [0.4, 0.5) is 5.69 Å². The van der Waals surface area contributed by atoms with E-state index >= 15 is 0 Å². The van der Waals surface area contributed by atoms with Crippen molar-refractivity contribution in [1.29, 1.82) is 0 Å². The number of para-hydroxylation sites is 1. The summed E-state index contributed by atoms with van der Waals surface area (Å²) >= 11 is 0. The number of carbonyl (C=O) groups excluding carboxylic acids is 1. The summed E-state index contributed by atoms with van der Waals surface area (Å²) in [6, 6.07) is 7.37. The molecule has 0 atom stereocenters. The van der Waals surface area contributed by atoms with E-state index in [0.717, 1.165) is 12.2 Å². The summed E-state index contributed by atoms with van der Waals surface area (Å²) in [4.78, 5) is 13.3. The molecular weight excluding hydrogens is 178 g/mol. The molecule has 1 heterocycles. The number of fused-ring (bicyclic) bond motifs is 1. The average Bonchev–Trinajstić information content (AvgIpc) is 2.18. The topological polar surface area (TPSA) is 29.5 Å². The minimum absolute atomic E-state index is 0.324. The second-order valence-corrected chi connectivity index (χ2v) is 3.04. The predicted octanol–water partition coefficient (Wildman–Crippen LogP) is 2.15. The first-order chi connectivity index (χ1) is 6.74. The van der Waals surface area contributed by atoms with E-state index in [4.69, 9.17) is 4.74 Å². The molecule has 1 aromatic rings. The number of rotatable bonds is 1. The quantitative estimate of drug-likeness (QED) is 0.634. The van der Waals surface area contributed by atoms with Gasteiger partial charge in [-0.15, -0.1) is 0 Å². The Balaban J connectivity index is 2.56. The van der Waals surface area contributed by atoms with Gasteiger partial charge in [-0.05, 0) is 25.6 Å². The molecule has 3 heteroatoms. The number of ether oxygens (including phenoxy) is 1. The van der Waals surface area contributed by atoms with Crippen molar-refractivity contribution < 1.29 is 9.53 Å². The van der Waals surface area contributed by atoms with Crippen LogP contribution in [0.3, 0.4) is 0 Å². The summed E-state index contributed by atoms with van der Waals surface area (Å²) in [5.41, 5.74) is 1.47. The molecule has 14 heavy (non-hydrogen) atoms. The molecule has 2 rings (SSSR count). The second kappa shape index (κ2) is 3.18. The summed E-state index contributed by atoms with van der Waals surface area (Å²) < 4.78 is 5.01. The zero-order chi connectivity index (χ0) is 10.1. The Morgan fingerprint density at radius 1 is 1.43 bits per heavy atom. The van der Waals surface area contributed by atoms with Gasteiger partial charge in [-0.2, -0.15) is 0 Å². The van der Waals surface area contributed by atoms with Gasteiger partial charge < -0.3 is 9.64 Å². The van der Waals surface area contributed by atoms with Crippen molar-refractivity contribution in [2.24, 2.45) is 0 Å². The highest BCUT2D eigenvalue weighted by atomic mass is 16.6. The van der Waals surface area contributed by atoms with Crippen LogP contribution in [-0.2, 0) is 4.74 Å². The number of nitrogens with zero attached hydrogens (tertiary/aromatic N) is 1. The van der Waals surface area contributed by atoms with Crippen molar-refractivity contribution >= 4 is 11.7 Å². The Morgan fingerprint density at radius 3 is 2.86 bits per heavy atom. The van der Waals surface area contributed by atoms with Crippen LogP contribution in [0.15, 0.2) is 36.7 Å². The highest BCUT2D eigenvalue weighted by molar-refractivity contribution is 5.98. The summed E-state index contributed by atoms with van der Waals surface area (Å²) in [7, 11) is 0. The lowest BCUT2D eigenvalue weighted by molar-refractivity contribution is 0.0603. The van der Waals surface area contributed by atoms with E-state index in [1.807, 2.05) is 30.0 Å². The number of cyclic esters (lactones) is 1. The van der Waals surface area contributed by atoms with E-state index in [1.165, 1.54) is 0 Å². The number of carbonyl (C=O) groups is 1. The van der Waals surface area contributed by atoms with Crippen LogP contribution in [-0.4, -0.2) is 12.5 Å². The smallest absolute Gasteiger partial charge is 0.346 e. The van der Waals surface area contributed by atoms with Gasteiger partial charge in [-0.3, -0.25) is 0 Å². The molecule has 0 radical (unpaired) electrons. The minimum atomic E-state index is -0.324. The van der Waals surface area contributed by atoms with Gasteiger partial charge in [0, 0.05) is 6.54 Å². The van der Waals surface area contributed by atoms with Crippen molar-refractivity contribution in [2.75, 3.05) is 11.4 Å². The average molecular weight is 189 g/mol. The Bertz CT molecular complexity index is 398. The van der Waals surface area contributed by atoms with Gasteiger partial charge in [0.1, 0.15) is 0 Å². The Labute approximate surface area is 82.6 Å². The first kappa shape index (κ1) is 8.81. The molecule has 0 bridgehead atoms. The third-order valence-electron chi connectivity index (χ3n) is 2.24. The third-order valence-corrected chi connectivity index (χ3v) is 2.24. The van der Waals surface area contributed by atoms with E-state index in [2.05, 4.69) is 6.58 Å². The standard InChI is InChI=1S/C11H11NO2/c1-3-12-8(2)14-11(13)9-6-4-5-7-10(9)12/h4-7H,2-3H2,1H3. The first-order valence-corrected chi connectivity index (χ1v) is 4.51. The molecular formula is C11H11NO2. The molecule has 3 nitrogen and oxygen atoms in total. The number of hydrogen-bond donors (Lipinski definition) is 0. The minimum Gasteiger partial charge on any atom is -0.406 e. The van der Waals surface area contributed by atoms with E-state index in [1.54, 1.807) is 6.07 Å². The molecule has 0 saturated carbocycles. The van der Waals surface area contributed by atoms with Crippen molar-refractivity contribution in [3.63, 3.8) is 0 Å². The first-order valence-electron chi connectivity index (χ1n) is 4.51. The Morgan fingerprint density at radius 2 is 2.14 bits per heavy atom. The lowest BCUT2D eigenvalue weighted by atomic mass is 10.1. The van der Waals surface area contributed by atoms with Gasteiger partial charge in [0.2, 0.25) is 0 Å². The van der Waals surface area contributed by atoms with Crippen molar-refractivity contribution in [2.45, 2.75) is 6.92 Å². The van der Waals surface area contributed by atoms with Crippen LogP contribution >= 0.6 is 0 Å². The molecule has 72 valence electrons. The van der Waals surface area contributed by atoms with E-state index < -0.39 is 0 Å². The molecule has 0 unspecified atom stereocenters. The molecule has 0 saturated heterocycles. The highest BCUT2D eigenvalue weighted by Crippen LogP contribution is 2.29. The molecule has 0 aliphatic carbocycles. The van der Waals surface area contributed by atoms with Crippen LogP contribution in [0.5, 0.6) is 0 Å². The summed E-state index contributed by atoms with van der Waals surface area (Å²) in [6.45, 7) is 6.43. The van der Waals surface area contributed by atoms with Gasteiger partial charge in [0.15, 0.2) is 5.88 Å². The van der Waals surface area contributed by atoms with Gasteiger partial charge in [0.05, 0.1) is 11.3 Å². The number of benzene rings is 1. The van der Waals surface area contributed by atoms with Crippen LogP contribution in [0.2, 0.25) is 0 Å². The van der Waals surface area contributed by atoms with Crippen LogP contribution in [0.1, 0.15) is 17.3 Å². The fourth-order valence-corrected chi connectivity index (χ4v) is 1.58. The fourth-order valence-electron chi connectivity index (χ4n) is 1.58.